The van der Waals surface area contributed by atoms with Crippen molar-refractivity contribution in [1.82, 2.24) is 5.32 Å². The molecule has 2 aromatic carbocycles. The summed E-state index contributed by atoms with van der Waals surface area (Å²) in [5.74, 6) is -2.47. The third-order valence-electron chi connectivity index (χ3n) is 3.35. The fourth-order valence-corrected chi connectivity index (χ4v) is 2.09. The van der Waals surface area contributed by atoms with E-state index in [1.807, 2.05) is 0 Å². The third-order valence-corrected chi connectivity index (χ3v) is 3.35. The summed E-state index contributed by atoms with van der Waals surface area (Å²) in [7, 11) is 0. The van der Waals surface area contributed by atoms with Crippen LogP contribution >= 0.6 is 0 Å². The summed E-state index contributed by atoms with van der Waals surface area (Å²) in [6.45, 7) is 1.61. The number of rotatable bonds is 5. The first-order valence-corrected chi connectivity index (χ1v) is 7.05. The minimum Gasteiger partial charge on any atom is -0.346 e. The molecule has 2 aromatic rings. The molecule has 0 aromatic heterocycles. The topological polar surface area (TPSA) is 72.2 Å². The second-order valence-corrected chi connectivity index (χ2v) is 5.05. The molecule has 0 radical (unpaired) electrons. The highest BCUT2D eigenvalue weighted by molar-refractivity contribution is 5.92. The largest absolute Gasteiger partial charge is 0.346 e. The number of benzene rings is 2. The smallest absolute Gasteiger partial charge is 0.276 e. The van der Waals surface area contributed by atoms with Crippen LogP contribution in [-0.2, 0) is 4.79 Å². The van der Waals surface area contributed by atoms with Crippen LogP contribution in [0.5, 0.6) is 0 Å². The predicted molar refractivity (Wildman–Crippen MR) is 85.0 cm³/mol. The molecule has 5 nitrogen and oxygen atoms in total. The monoisotopic (exact) mass is 332 g/mol. The standard InChI is InChI=1S/C17H14F2N2O3/c1-11(13-6-8-14(18)15(19)10-13)20-17(22)9-7-12-4-2-3-5-16(12)21(23)24/h2-11H,1H3,(H,20,22). The van der Waals surface area contributed by atoms with E-state index in [4.69, 9.17) is 0 Å². The fraction of sp³-hybridized carbons (Fsp3) is 0.118. The normalized spacial score (nSPS) is 12.1. The molecule has 0 bridgehead atoms. The first-order chi connectivity index (χ1) is 11.4. The Kier molecular flexibility index (Phi) is 5.36. The van der Waals surface area contributed by atoms with Gasteiger partial charge in [0.1, 0.15) is 0 Å². The quantitative estimate of drug-likeness (QED) is 0.515. The van der Waals surface area contributed by atoms with E-state index in [1.165, 1.54) is 30.3 Å². The number of carbonyl (C=O) groups is 1. The first kappa shape index (κ1) is 17.3. The molecule has 0 aliphatic rings. The zero-order chi connectivity index (χ0) is 17.7. The number of para-hydroxylation sites is 1. The van der Waals surface area contributed by atoms with Crippen molar-refractivity contribution in [3.8, 4) is 0 Å². The van der Waals surface area contributed by atoms with Gasteiger partial charge in [0.2, 0.25) is 5.91 Å². The highest BCUT2D eigenvalue weighted by Gasteiger charge is 2.12. The van der Waals surface area contributed by atoms with Crippen LogP contribution in [0.1, 0.15) is 24.1 Å². The average Bonchev–Trinajstić information content (AvgIpc) is 2.55. The van der Waals surface area contributed by atoms with Crippen molar-refractivity contribution in [2.45, 2.75) is 13.0 Å². The van der Waals surface area contributed by atoms with Gasteiger partial charge in [0.15, 0.2) is 11.6 Å². The van der Waals surface area contributed by atoms with E-state index in [2.05, 4.69) is 5.32 Å². The van der Waals surface area contributed by atoms with Crippen molar-refractivity contribution in [2.24, 2.45) is 0 Å². The summed E-state index contributed by atoms with van der Waals surface area (Å²) in [4.78, 5) is 22.3. The number of hydrogen-bond donors (Lipinski definition) is 1. The summed E-state index contributed by atoms with van der Waals surface area (Å²) in [6, 6.07) is 8.80. The number of hydrogen-bond acceptors (Lipinski definition) is 3. The summed E-state index contributed by atoms with van der Waals surface area (Å²) in [5, 5.41) is 13.5. The maximum atomic E-state index is 13.2. The van der Waals surface area contributed by atoms with Crippen LogP contribution in [0.25, 0.3) is 6.08 Å². The molecular formula is C17H14F2N2O3. The first-order valence-electron chi connectivity index (χ1n) is 7.05. The zero-order valence-electron chi connectivity index (χ0n) is 12.7. The molecule has 1 amide bonds. The van der Waals surface area contributed by atoms with E-state index < -0.39 is 28.5 Å². The number of nitrogens with zero attached hydrogens (tertiary/aromatic N) is 1. The van der Waals surface area contributed by atoms with Crippen LogP contribution in [0.15, 0.2) is 48.5 Å². The van der Waals surface area contributed by atoms with Gasteiger partial charge in [-0.25, -0.2) is 8.78 Å². The Morgan fingerprint density at radius 2 is 1.92 bits per heavy atom. The molecular weight excluding hydrogens is 318 g/mol. The van der Waals surface area contributed by atoms with Crippen LogP contribution in [0.4, 0.5) is 14.5 Å². The van der Waals surface area contributed by atoms with Gasteiger partial charge < -0.3 is 5.32 Å². The van der Waals surface area contributed by atoms with Crippen molar-refractivity contribution in [3.05, 3.63) is 81.4 Å². The Hall–Kier alpha value is -3.09. The van der Waals surface area contributed by atoms with Gasteiger partial charge in [0, 0.05) is 12.1 Å². The van der Waals surface area contributed by atoms with E-state index in [0.29, 0.717) is 5.56 Å². The van der Waals surface area contributed by atoms with Gasteiger partial charge in [-0.15, -0.1) is 0 Å². The van der Waals surface area contributed by atoms with Gasteiger partial charge in [-0.05, 0) is 36.8 Å². The van der Waals surface area contributed by atoms with Gasteiger partial charge in [-0.3, -0.25) is 14.9 Å². The summed E-state index contributed by atoms with van der Waals surface area (Å²) >= 11 is 0. The van der Waals surface area contributed by atoms with Crippen LogP contribution in [0, 0.1) is 21.7 Å². The van der Waals surface area contributed by atoms with Crippen LogP contribution in [0.3, 0.4) is 0 Å². The van der Waals surface area contributed by atoms with Crippen molar-refractivity contribution >= 4 is 17.7 Å². The number of halogens is 2. The molecule has 1 unspecified atom stereocenters. The zero-order valence-corrected chi connectivity index (χ0v) is 12.7. The Morgan fingerprint density at radius 1 is 1.21 bits per heavy atom. The molecule has 124 valence electrons. The second kappa shape index (κ2) is 7.45. The molecule has 1 atom stereocenters. The van der Waals surface area contributed by atoms with Gasteiger partial charge in [-0.2, -0.15) is 0 Å². The van der Waals surface area contributed by atoms with E-state index in [-0.39, 0.29) is 11.3 Å². The molecule has 2 rings (SSSR count). The SMILES string of the molecule is CC(NC(=O)C=Cc1ccccc1[N+](=O)[O-])c1ccc(F)c(F)c1. The lowest BCUT2D eigenvalue weighted by molar-refractivity contribution is -0.385. The molecule has 0 aliphatic carbocycles. The molecule has 1 N–H and O–H groups in total. The Bertz CT molecular complexity index is 806. The van der Waals surface area contributed by atoms with E-state index in [0.717, 1.165) is 18.2 Å². The molecule has 24 heavy (non-hydrogen) atoms. The lowest BCUT2D eigenvalue weighted by Crippen LogP contribution is -2.24. The van der Waals surface area contributed by atoms with Gasteiger partial charge >= 0.3 is 0 Å². The molecule has 0 saturated heterocycles. The molecule has 0 saturated carbocycles. The molecule has 0 heterocycles. The minimum atomic E-state index is -0.996. The second-order valence-electron chi connectivity index (χ2n) is 5.05. The number of nitro groups is 1. The lowest BCUT2D eigenvalue weighted by atomic mass is 10.1. The van der Waals surface area contributed by atoms with Crippen molar-refractivity contribution in [3.63, 3.8) is 0 Å². The van der Waals surface area contributed by atoms with E-state index in [9.17, 15) is 23.7 Å². The molecule has 0 spiro atoms. The Morgan fingerprint density at radius 3 is 2.58 bits per heavy atom. The van der Waals surface area contributed by atoms with Gasteiger partial charge in [0.05, 0.1) is 16.5 Å². The number of nitrogens with one attached hydrogen (secondary N) is 1. The Labute approximate surface area is 136 Å². The number of nitro benzene ring substituents is 1. The van der Waals surface area contributed by atoms with E-state index >= 15 is 0 Å². The number of amides is 1. The molecule has 7 heteroatoms. The van der Waals surface area contributed by atoms with Crippen LogP contribution in [0.2, 0.25) is 0 Å². The molecule has 0 aliphatic heterocycles. The van der Waals surface area contributed by atoms with Gasteiger partial charge in [0.25, 0.3) is 5.69 Å². The summed E-state index contributed by atoms with van der Waals surface area (Å²) in [6.07, 6.45) is 2.48. The maximum Gasteiger partial charge on any atom is 0.276 e. The third kappa shape index (κ3) is 4.22. The minimum absolute atomic E-state index is 0.116. The van der Waals surface area contributed by atoms with Crippen molar-refractivity contribution in [1.29, 1.82) is 0 Å². The van der Waals surface area contributed by atoms with E-state index in [1.54, 1.807) is 13.0 Å². The summed E-state index contributed by atoms with van der Waals surface area (Å²) in [5.41, 5.74) is 0.578. The van der Waals surface area contributed by atoms with Gasteiger partial charge in [-0.1, -0.05) is 18.2 Å². The van der Waals surface area contributed by atoms with Crippen molar-refractivity contribution < 1.29 is 18.5 Å². The highest BCUT2D eigenvalue weighted by atomic mass is 19.2. The van der Waals surface area contributed by atoms with Crippen LogP contribution < -0.4 is 5.32 Å². The average molecular weight is 332 g/mol. The maximum absolute atomic E-state index is 13.2. The lowest BCUT2D eigenvalue weighted by Gasteiger charge is -2.13. The van der Waals surface area contributed by atoms with Crippen molar-refractivity contribution in [2.75, 3.05) is 0 Å². The molecule has 0 fully saturated rings. The fourth-order valence-electron chi connectivity index (χ4n) is 2.09. The number of carbonyl (C=O) groups excluding carboxylic acids is 1. The highest BCUT2D eigenvalue weighted by Crippen LogP contribution is 2.19. The Balaban J connectivity index is 2.07. The predicted octanol–water partition coefficient (Wildman–Crippen LogP) is 3.76. The van der Waals surface area contributed by atoms with Crippen LogP contribution in [-0.4, -0.2) is 10.8 Å². The summed E-state index contributed by atoms with van der Waals surface area (Å²) < 4.78 is 26.1.